The summed E-state index contributed by atoms with van der Waals surface area (Å²) in [6.07, 6.45) is 2.56. The van der Waals surface area contributed by atoms with Crippen molar-refractivity contribution in [1.29, 1.82) is 0 Å². The minimum atomic E-state index is -1.02. The predicted octanol–water partition coefficient (Wildman–Crippen LogP) is 2.57. The van der Waals surface area contributed by atoms with Gasteiger partial charge in [-0.25, -0.2) is 4.79 Å². The number of fused-ring (bicyclic) bond motifs is 1. The molecular formula is C20H27NO5. The highest BCUT2D eigenvalue weighted by molar-refractivity contribution is 5.90. The maximum Gasteiger partial charge on any atom is 0.328 e. The third-order valence-corrected chi connectivity index (χ3v) is 5.96. The number of esters is 1. The number of hydrogen-bond acceptors (Lipinski definition) is 5. The lowest BCUT2D eigenvalue weighted by molar-refractivity contribution is -0.158. The van der Waals surface area contributed by atoms with Gasteiger partial charge in [0, 0.05) is 18.5 Å². The molecule has 0 bridgehead atoms. The largest absolute Gasteiger partial charge is 0.507 e. The van der Waals surface area contributed by atoms with Crippen LogP contribution in [0.25, 0.3) is 0 Å². The molecule has 2 atom stereocenters. The highest BCUT2D eigenvalue weighted by Crippen LogP contribution is 2.44. The van der Waals surface area contributed by atoms with Crippen molar-refractivity contribution in [2.45, 2.75) is 65.0 Å². The second-order valence-electron chi connectivity index (χ2n) is 7.54. The van der Waals surface area contributed by atoms with Gasteiger partial charge >= 0.3 is 5.97 Å². The van der Waals surface area contributed by atoms with E-state index in [0.717, 1.165) is 28.7 Å². The van der Waals surface area contributed by atoms with Crippen LogP contribution in [0.4, 0.5) is 0 Å². The second kappa shape index (κ2) is 6.49. The number of phenolic OH excluding ortho intramolecular Hbond substituents is 1. The number of rotatable bonds is 2. The maximum atomic E-state index is 13.3. The monoisotopic (exact) mass is 361 g/mol. The predicted molar refractivity (Wildman–Crippen MR) is 96.4 cm³/mol. The quantitative estimate of drug-likeness (QED) is 0.820. The van der Waals surface area contributed by atoms with Gasteiger partial charge in [0.2, 0.25) is 0 Å². The SMILES string of the molecule is COC(=O)[C@@H]1CCCN1C(=O)C1(C)CCc2c(C)c(O)c(C)c(C)c2O1. The summed E-state index contributed by atoms with van der Waals surface area (Å²) in [5, 5.41) is 10.3. The highest BCUT2D eigenvalue weighted by Gasteiger charge is 2.47. The minimum Gasteiger partial charge on any atom is -0.507 e. The smallest absolute Gasteiger partial charge is 0.328 e. The zero-order valence-corrected chi connectivity index (χ0v) is 16.1. The lowest BCUT2D eigenvalue weighted by Crippen LogP contribution is -2.55. The van der Waals surface area contributed by atoms with Crippen molar-refractivity contribution < 1.29 is 24.2 Å². The molecule has 1 amide bonds. The van der Waals surface area contributed by atoms with E-state index in [4.69, 9.17) is 9.47 Å². The Labute approximate surface area is 154 Å². The van der Waals surface area contributed by atoms with Crippen LogP contribution in [0.5, 0.6) is 11.5 Å². The number of methoxy groups -OCH3 is 1. The Morgan fingerprint density at radius 2 is 1.92 bits per heavy atom. The van der Waals surface area contributed by atoms with Crippen molar-refractivity contribution in [3.63, 3.8) is 0 Å². The molecule has 1 unspecified atom stereocenters. The van der Waals surface area contributed by atoms with Crippen LogP contribution in [0.1, 0.15) is 48.4 Å². The van der Waals surface area contributed by atoms with Crippen molar-refractivity contribution in [3.8, 4) is 11.5 Å². The van der Waals surface area contributed by atoms with Crippen LogP contribution in [-0.4, -0.2) is 47.2 Å². The van der Waals surface area contributed by atoms with E-state index in [1.807, 2.05) is 20.8 Å². The molecule has 1 aromatic carbocycles. The van der Waals surface area contributed by atoms with Crippen LogP contribution in [0.15, 0.2) is 0 Å². The normalized spacial score (nSPS) is 24.8. The molecule has 1 saturated heterocycles. The average Bonchev–Trinajstić information content (AvgIpc) is 3.12. The van der Waals surface area contributed by atoms with Crippen LogP contribution in [0.2, 0.25) is 0 Å². The number of phenols is 1. The van der Waals surface area contributed by atoms with E-state index in [0.29, 0.717) is 37.3 Å². The van der Waals surface area contributed by atoms with Crippen LogP contribution in [-0.2, 0) is 20.7 Å². The summed E-state index contributed by atoms with van der Waals surface area (Å²) < 4.78 is 11.1. The van der Waals surface area contributed by atoms with Crippen LogP contribution >= 0.6 is 0 Å². The molecule has 0 aromatic heterocycles. The van der Waals surface area contributed by atoms with E-state index in [9.17, 15) is 14.7 Å². The zero-order chi connectivity index (χ0) is 19.2. The molecule has 26 heavy (non-hydrogen) atoms. The van der Waals surface area contributed by atoms with Gasteiger partial charge in [0.25, 0.3) is 5.91 Å². The summed E-state index contributed by atoms with van der Waals surface area (Å²) in [7, 11) is 1.35. The second-order valence-corrected chi connectivity index (χ2v) is 7.54. The molecule has 0 saturated carbocycles. The number of nitrogens with zero attached hydrogens (tertiary/aromatic N) is 1. The van der Waals surface area contributed by atoms with Gasteiger partial charge in [0.05, 0.1) is 7.11 Å². The first-order valence-corrected chi connectivity index (χ1v) is 9.10. The molecule has 2 aliphatic rings. The number of ether oxygens (including phenoxy) is 2. The van der Waals surface area contributed by atoms with Gasteiger partial charge in [-0.2, -0.15) is 0 Å². The standard InChI is InChI=1S/C20H27NO5/c1-11-12(2)17-14(13(3)16(11)22)8-9-20(4,26-17)19(24)21-10-6-7-15(21)18(23)25-5/h15,22H,6-10H2,1-5H3/t15-,20?/m0/s1. The zero-order valence-electron chi connectivity index (χ0n) is 16.1. The van der Waals surface area contributed by atoms with Crippen LogP contribution in [0.3, 0.4) is 0 Å². The van der Waals surface area contributed by atoms with E-state index in [1.54, 1.807) is 11.8 Å². The molecule has 6 heteroatoms. The molecule has 2 aliphatic heterocycles. The van der Waals surface area contributed by atoms with Gasteiger partial charge < -0.3 is 19.5 Å². The summed E-state index contributed by atoms with van der Waals surface area (Å²) in [5.41, 5.74) is 2.37. The minimum absolute atomic E-state index is 0.168. The Morgan fingerprint density at radius 1 is 1.23 bits per heavy atom. The van der Waals surface area contributed by atoms with E-state index in [2.05, 4.69) is 0 Å². The molecule has 1 fully saturated rings. The van der Waals surface area contributed by atoms with Gasteiger partial charge in [-0.05, 0) is 63.6 Å². The fraction of sp³-hybridized carbons (Fsp3) is 0.600. The first-order chi connectivity index (χ1) is 12.2. The van der Waals surface area contributed by atoms with Gasteiger partial charge in [0.1, 0.15) is 17.5 Å². The Balaban J connectivity index is 1.94. The third kappa shape index (κ3) is 2.72. The first kappa shape index (κ1) is 18.5. The summed E-state index contributed by atoms with van der Waals surface area (Å²) in [4.78, 5) is 26.9. The highest BCUT2D eigenvalue weighted by atomic mass is 16.5. The Morgan fingerprint density at radius 3 is 2.58 bits per heavy atom. The molecule has 1 aromatic rings. The lowest BCUT2D eigenvalue weighted by atomic mass is 9.86. The van der Waals surface area contributed by atoms with E-state index in [1.165, 1.54) is 7.11 Å². The van der Waals surface area contributed by atoms with Gasteiger partial charge in [-0.15, -0.1) is 0 Å². The summed E-state index contributed by atoms with van der Waals surface area (Å²) in [5.74, 6) is 0.445. The fourth-order valence-corrected chi connectivity index (χ4v) is 4.09. The number of hydrogen-bond donors (Lipinski definition) is 1. The summed E-state index contributed by atoms with van der Waals surface area (Å²) in [6, 6.07) is -0.529. The van der Waals surface area contributed by atoms with Crippen LogP contribution < -0.4 is 4.74 Å². The van der Waals surface area contributed by atoms with Gasteiger partial charge in [-0.1, -0.05) is 0 Å². The molecule has 0 aliphatic carbocycles. The van der Waals surface area contributed by atoms with Crippen molar-refractivity contribution >= 4 is 11.9 Å². The molecule has 6 nitrogen and oxygen atoms in total. The number of likely N-dealkylation sites (tertiary alicyclic amines) is 1. The first-order valence-electron chi connectivity index (χ1n) is 9.10. The van der Waals surface area contributed by atoms with E-state index >= 15 is 0 Å². The molecule has 3 rings (SSSR count). The third-order valence-electron chi connectivity index (χ3n) is 5.96. The molecule has 0 spiro atoms. The van der Waals surface area contributed by atoms with Crippen LogP contribution in [0, 0.1) is 20.8 Å². The van der Waals surface area contributed by atoms with E-state index < -0.39 is 11.6 Å². The Kier molecular flexibility index (Phi) is 4.63. The summed E-state index contributed by atoms with van der Waals surface area (Å²) >= 11 is 0. The summed E-state index contributed by atoms with van der Waals surface area (Å²) in [6.45, 7) is 7.96. The fourth-order valence-electron chi connectivity index (χ4n) is 4.09. The number of carbonyl (C=O) groups excluding carboxylic acids is 2. The van der Waals surface area contributed by atoms with E-state index in [-0.39, 0.29) is 11.9 Å². The molecule has 1 N–H and O–H groups in total. The molecule has 2 heterocycles. The number of carbonyl (C=O) groups is 2. The number of aromatic hydroxyl groups is 1. The van der Waals surface area contributed by atoms with Gasteiger partial charge in [-0.3, -0.25) is 4.79 Å². The molecule has 0 radical (unpaired) electrons. The maximum absolute atomic E-state index is 13.3. The number of amides is 1. The van der Waals surface area contributed by atoms with Crippen molar-refractivity contribution in [2.24, 2.45) is 0 Å². The van der Waals surface area contributed by atoms with Crippen molar-refractivity contribution in [3.05, 3.63) is 22.3 Å². The molecule has 142 valence electrons. The van der Waals surface area contributed by atoms with Crippen molar-refractivity contribution in [2.75, 3.05) is 13.7 Å². The Bertz CT molecular complexity index is 772. The lowest BCUT2D eigenvalue weighted by Gasteiger charge is -2.39. The topological polar surface area (TPSA) is 76.1 Å². The van der Waals surface area contributed by atoms with Gasteiger partial charge in [0.15, 0.2) is 5.60 Å². The number of benzene rings is 1. The molecular weight excluding hydrogens is 334 g/mol. The average molecular weight is 361 g/mol. The Hall–Kier alpha value is -2.24. The van der Waals surface area contributed by atoms with Crippen molar-refractivity contribution in [1.82, 2.24) is 4.90 Å².